The third-order valence-corrected chi connectivity index (χ3v) is 4.26. The third kappa shape index (κ3) is 5.35. The van der Waals surface area contributed by atoms with Gasteiger partial charge in [0.25, 0.3) is 11.8 Å². The molecule has 0 bridgehead atoms. The van der Waals surface area contributed by atoms with Crippen LogP contribution in [0.25, 0.3) is 0 Å². The lowest BCUT2D eigenvalue weighted by atomic mass is 10.2. The van der Waals surface area contributed by atoms with E-state index in [1.165, 1.54) is 0 Å². The van der Waals surface area contributed by atoms with Crippen molar-refractivity contribution in [3.63, 3.8) is 0 Å². The number of aryl methyl sites for hydroxylation is 1. The van der Waals surface area contributed by atoms with E-state index in [0.29, 0.717) is 17.1 Å². The molecule has 0 saturated carbocycles. The minimum absolute atomic E-state index is 0.414. The minimum Gasteiger partial charge on any atom is -0.496 e. The lowest BCUT2D eigenvalue weighted by Gasteiger charge is -2.15. The Morgan fingerprint density at radius 3 is 2.36 bits per heavy atom. The van der Waals surface area contributed by atoms with E-state index in [4.69, 9.17) is 9.47 Å². The van der Waals surface area contributed by atoms with Crippen LogP contribution < -0.4 is 20.3 Å². The fraction of sp³-hybridized carbons (Fsp3) is 0.222. The number of rotatable bonds is 5. The van der Waals surface area contributed by atoms with Gasteiger partial charge in [0.2, 0.25) is 0 Å². The summed E-state index contributed by atoms with van der Waals surface area (Å²) in [5.74, 6) is 0.402. The molecule has 132 valence electrons. The van der Waals surface area contributed by atoms with Crippen molar-refractivity contribution < 1.29 is 19.1 Å². The molecule has 2 N–H and O–H groups in total. The highest BCUT2D eigenvalue weighted by Gasteiger charge is 2.16. The molecule has 0 spiro atoms. The normalized spacial score (nSPS) is 11.4. The second-order valence-electron chi connectivity index (χ2n) is 5.37. The topological polar surface area (TPSA) is 76.7 Å². The summed E-state index contributed by atoms with van der Waals surface area (Å²) in [6, 6.07) is 12.4. The first-order valence-corrected chi connectivity index (χ1v) is 8.65. The van der Waals surface area contributed by atoms with Crippen LogP contribution in [0.3, 0.4) is 0 Å². The van der Waals surface area contributed by atoms with E-state index in [1.54, 1.807) is 44.4 Å². The second kappa shape index (κ2) is 8.70. The molecular formula is C18H19IN2O4. The van der Waals surface area contributed by atoms with Gasteiger partial charge in [0.1, 0.15) is 11.5 Å². The number of halogens is 1. The number of carbonyl (C=O) groups is 2. The van der Waals surface area contributed by atoms with Crippen LogP contribution in [0, 0.1) is 10.5 Å². The van der Waals surface area contributed by atoms with Gasteiger partial charge in [-0.15, -0.1) is 0 Å². The zero-order valence-electron chi connectivity index (χ0n) is 14.1. The van der Waals surface area contributed by atoms with Crippen molar-refractivity contribution in [1.29, 1.82) is 0 Å². The van der Waals surface area contributed by atoms with Crippen LogP contribution in [-0.4, -0.2) is 25.0 Å². The van der Waals surface area contributed by atoms with Crippen LogP contribution in [0.1, 0.15) is 22.8 Å². The Hall–Kier alpha value is -2.29. The van der Waals surface area contributed by atoms with Crippen LogP contribution in [-0.2, 0) is 4.79 Å². The molecule has 0 aliphatic carbocycles. The summed E-state index contributed by atoms with van der Waals surface area (Å²) in [6.07, 6.45) is -0.751. The molecule has 0 heterocycles. The first-order chi connectivity index (χ1) is 11.9. The standard InChI is InChI=1S/C18H19IN2O4/c1-11-4-7-14(8-5-11)25-12(2)17(22)20-21-18(23)13-6-9-16(24-3)15(19)10-13/h4-10,12H,1-3H3,(H,20,22)(H,21,23). The average Bonchev–Trinajstić information content (AvgIpc) is 2.61. The summed E-state index contributed by atoms with van der Waals surface area (Å²) in [6.45, 7) is 3.58. The number of ether oxygens (including phenoxy) is 2. The lowest BCUT2D eigenvalue weighted by molar-refractivity contribution is -0.128. The summed E-state index contributed by atoms with van der Waals surface area (Å²) < 4.78 is 11.5. The molecule has 1 atom stereocenters. The van der Waals surface area contributed by atoms with E-state index < -0.39 is 17.9 Å². The molecule has 25 heavy (non-hydrogen) atoms. The van der Waals surface area contributed by atoms with E-state index in [-0.39, 0.29) is 0 Å². The Morgan fingerprint density at radius 2 is 1.76 bits per heavy atom. The van der Waals surface area contributed by atoms with Gasteiger partial charge in [-0.2, -0.15) is 0 Å². The summed E-state index contributed by atoms with van der Waals surface area (Å²) >= 11 is 2.07. The van der Waals surface area contributed by atoms with Gasteiger partial charge in [-0.25, -0.2) is 0 Å². The molecule has 2 rings (SSSR count). The molecule has 0 aromatic heterocycles. The maximum Gasteiger partial charge on any atom is 0.279 e. The van der Waals surface area contributed by atoms with Gasteiger partial charge in [-0.1, -0.05) is 17.7 Å². The number of nitrogens with one attached hydrogen (secondary N) is 2. The lowest BCUT2D eigenvalue weighted by Crippen LogP contribution is -2.47. The highest BCUT2D eigenvalue weighted by molar-refractivity contribution is 14.1. The molecular weight excluding hydrogens is 435 g/mol. The largest absolute Gasteiger partial charge is 0.496 e. The molecule has 7 heteroatoms. The number of hydrazine groups is 1. The smallest absolute Gasteiger partial charge is 0.279 e. The van der Waals surface area contributed by atoms with Crippen LogP contribution >= 0.6 is 22.6 Å². The number of amides is 2. The summed E-state index contributed by atoms with van der Waals surface area (Å²) in [5, 5.41) is 0. The molecule has 6 nitrogen and oxygen atoms in total. The summed E-state index contributed by atoms with van der Waals surface area (Å²) in [7, 11) is 1.56. The molecule has 2 amide bonds. The fourth-order valence-corrected chi connectivity index (χ4v) is 2.71. The number of methoxy groups -OCH3 is 1. The predicted molar refractivity (Wildman–Crippen MR) is 103 cm³/mol. The number of carbonyl (C=O) groups excluding carboxylic acids is 2. The van der Waals surface area contributed by atoms with Gasteiger partial charge in [0, 0.05) is 5.56 Å². The van der Waals surface area contributed by atoms with Crippen LogP contribution in [0.4, 0.5) is 0 Å². The Labute approximate surface area is 160 Å². The van der Waals surface area contributed by atoms with Gasteiger partial charge >= 0.3 is 0 Å². The highest BCUT2D eigenvalue weighted by atomic mass is 127. The zero-order chi connectivity index (χ0) is 18.4. The van der Waals surface area contributed by atoms with Crippen molar-refractivity contribution in [3.8, 4) is 11.5 Å². The van der Waals surface area contributed by atoms with Crippen LogP contribution in [0.2, 0.25) is 0 Å². The van der Waals surface area contributed by atoms with Crippen molar-refractivity contribution in [2.45, 2.75) is 20.0 Å². The predicted octanol–water partition coefficient (Wildman–Crippen LogP) is 2.84. The Kier molecular flexibility index (Phi) is 6.63. The maximum atomic E-state index is 12.1. The zero-order valence-corrected chi connectivity index (χ0v) is 16.3. The summed E-state index contributed by atoms with van der Waals surface area (Å²) in [5.41, 5.74) is 6.26. The first kappa shape index (κ1) is 19.0. The van der Waals surface area contributed by atoms with Gasteiger partial charge < -0.3 is 9.47 Å². The van der Waals surface area contributed by atoms with E-state index in [9.17, 15) is 9.59 Å². The Morgan fingerprint density at radius 1 is 1.08 bits per heavy atom. The third-order valence-electron chi connectivity index (χ3n) is 3.42. The second-order valence-corrected chi connectivity index (χ2v) is 6.53. The highest BCUT2D eigenvalue weighted by Crippen LogP contribution is 2.21. The number of benzene rings is 2. The number of hydrogen-bond donors (Lipinski definition) is 2. The van der Waals surface area contributed by atoms with E-state index >= 15 is 0 Å². The molecule has 2 aromatic rings. The molecule has 0 aliphatic heterocycles. The fourth-order valence-electron chi connectivity index (χ4n) is 1.97. The first-order valence-electron chi connectivity index (χ1n) is 7.57. The van der Waals surface area contributed by atoms with Crippen molar-refractivity contribution in [1.82, 2.24) is 10.9 Å². The SMILES string of the molecule is COc1ccc(C(=O)NNC(=O)C(C)Oc2ccc(C)cc2)cc1I. The Balaban J connectivity index is 1.89. The molecule has 0 fully saturated rings. The van der Waals surface area contributed by atoms with Crippen LogP contribution in [0.5, 0.6) is 11.5 Å². The average molecular weight is 454 g/mol. The molecule has 0 radical (unpaired) electrons. The Bertz CT molecular complexity index is 762. The van der Waals surface area contributed by atoms with Crippen LogP contribution in [0.15, 0.2) is 42.5 Å². The maximum absolute atomic E-state index is 12.1. The molecule has 1 unspecified atom stereocenters. The van der Waals surface area contributed by atoms with E-state index in [1.807, 2.05) is 19.1 Å². The van der Waals surface area contributed by atoms with Gasteiger partial charge in [0.15, 0.2) is 6.10 Å². The van der Waals surface area contributed by atoms with Gasteiger partial charge in [-0.3, -0.25) is 20.4 Å². The quantitative estimate of drug-likeness (QED) is 0.539. The molecule has 2 aromatic carbocycles. The van der Waals surface area contributed by atoms with Crippen molar-refractivity contribution >= 4 is 34.4 Å². The number of hydrogen-bond acceptors (Lipinski definition) is 4. The van der Waals surface area contributed by atoms with E-state index in [2.05, 4.69) is 33.4 Å². The van der Waals surface area contributed by atoms with Gasteiger partial charge in [-0.05, 0) is 66.8 Å². The minimum atomic E-state index is -0.751. The van der Waals surface area contributed by atoms with Gasteiger partial charge in [0.05, 0.1) is 10.7 Å². The van der Waals surface area contributed by atoms with Crippen molar-refractivity contribution in [2.24, 2.45) is 0 Å². The summed E-state index contributed by atoms with van der Waals surface area (Å²) in [4.78, 5) is 24.2. The van der Waals surface area contributed by atoms with Crippen molar-refractivity contribution in [3.05, 3.63) is 57.2 Å². The monoisotopic (exact) mass is 454 g/mol. The van der Waals surface area contributed by atoms with Crippen molar-refractivity contribution in [2.75, 3.05) is 7.11 Å². The van der Waals surface area contributed by atoms with E-state index in [0.717, 1.165) is 9.13 Å². The molecule has 0 aliphatic rings. The molecule has 0 saturated heterocycles.